The van der Waals surface area contributed by atoms with Gasteiger partial charge in [0.1, 0.15) is 0 Å². The van der Waals surface area contributed by atoms with Gasteiger partial charge in [-0.15, -0.1) is 0 Å². The van der Waals surface area contributed by atoms with E-state index in [1.54, 1.807) is 0 Å². The van der Waals surface area contributed by atoms with E-state index >= 15 is 0 Å². The molecule has 0 atom stereocenters. The van der Waals surface area contributed by atoms with E-state index in [2.05, 4.69) is 15.4 Å². The lowest BCUT2D eigenvalue weighted by atomic mass is 10.2. The molecule has 1 aromatic rings. The number of hydrogen-bond donors (Lipinski definition) is 1. The molecule has 1 aliphatic rings. The van der Waals surface area contributed by atoms with E-state index in [0.717, 1.165) is 50.5 Å². The van der Waals surface area contributed by atoms with Crippen molar-refractivity contribution in [2.45, 2.75) is 13.8 Å². The lowest BCUT2D eigenvalue weighted by molar-refractivity contribution is 0.0654. The van der Waals surface area contributed by atoms with Gasteiger partial charge in [0, 0.05) is 50.5 Å². The molecule has 5 heteroatoms. The molecule has 0 aromatic heterocycles. The predicted molar refractivity (Wildman–Crippen MR) is 85.6 cm³/mol. The highest BCUT2D eigenvalue weighted by molar-refractivity contribution is 5.94. The van der Waals surface area contributed by atoms with Crippen LogP contribution in [0.2, 0.25) is 0 Å². The van der Waals surface area contributed by atoms with E-state index in [-0.39, 0.29) is 5.91 Å². The highest BCUT2D eigenvalue weighted by Gasteiger charge is 2.22. The summed E-state index contributed by atoms with van der Waals surface area (Å²) in [6, 6.07) is 9.50. The molecule has 0 bridgehead atoms. The quantitative estimate of drug-likeness (QED) is 0.658. The van der Waals surface area contributed by atoms with Crippen molar-refractivity contribution in [2.24, 2.45) is 5.10 Å². The number of benzene rings is 1. The van der Waals surface area contributed by atoms with Gasteiger partial charge in [0.15, 0.2) is 0 Å². The molecule has 2 rings (SSSR count). The summed E-state index contributed by atoms with van der Waals surface area (Å²) in [7, 11) is 0. The molecule has 1 saturated heterocycles. The summed E-state index contributed by atoms with van der Waals surface area (Å²) in [5.41, 5.74) is 4.84. The van der Waals surface area contributed by atoms with Crippen molar-refractivity contribution >= 4 is 11.6 Å². The van der Waals surface area contributed by atoms with Crippen LogP contribution in [0.5, 0.6) is 0 Å². The van der Waals surface area contributed by atoms with Gasteiger partial charge < -0.3 is 10.3 Å². The first-order valence-electron chi connectivity index (χ1n) is 7.53. The van der Waals surface area contributed by atoms with E-state index < -0.39 is 0 Å². The van der Waals surface area contributed by atoms with Crippen molar-refractivity contribution in [3.63, 3.8) is 0 Å². The zero-order valence-corrected chi connectivity index (χ0v) is 12.9. The summed E-state index contributed by atoms with van der Waals surface area (Å²) >= 11 is 0. The summed E-state index contributed by atoms with van der Waals surface area (Å²) in [6.07, 6.45) is 0. The maximum absolute atomic E-state index is 12.3. The smallest absolute Gasteiger partial charge is 0.253 e. The number of carbonyl (C=O) groups is 1. The summed E-state index contributed by atoms with van der Waals surface area (Å²) in [5, 5.41) is 4.28. The second-order valence-corrected chi connectivity index (χ2v) is 5.29. The minimum atomic E-state index is 0.133. The molecule has 1 aromatic carbocycles. The first kappa shape index (κ1) is 15.5. The Labute approximate surface area is 126 Å². The molecule has 1 aliphatic heterocycles. The highest BCUT2D eigenvalue weighted by atomic mass is 16.2. The molecule has 0 saturated carbocycles. The van der Waals surface area contributed by atoms with Crippen LogP contribution in [0.1, 0.15) is 24.2 Å². The third kappa shape index (κ3) is 4.56. The topological polar surface area (TPSA) is 47.9 Å². The third-order valence-corrected chi connectivity index (χ3v) is 3.56. The number of nitrogens with one attached hydrogen (secondary N) is 1. The van der Waals surface area contributed by atoms with Crippen molar-refractivity contribution in [3.8, 4) is 0 Å². The van der Waals surface area contributed by atoms with Gasteiger partial charge in [0.05, 0.1) is 0 Å². The predicted octanol–water partition coefficient (Wildman–Crippen LogP) is 1.43. The number of nitrogens with zero attached hydrogens (tertiary/aromatic N) is 3. The highest BCUT2D eigenvalue weighted by Crippen LogP contribution is 2.08. The molecule has 0 spiro atoms. The Kier molecular flexibility index (Phi) is 5.75. The molecule has 0 unspecified atom stereocenters. The molecule has 114 valence electrons. The van der Waals surface area contributed by atoms with E-state index in [1.807, 2.05) is 49.1 Å². The van der Waals surface area contributed by atoms with Crippen molar-refractivity contribution in [1.29, 1.82) is 0 Å². The third-order valence-electron chi connectivity index (χ3n) is 3.56. The maximum Gasteiger partial charge on any atom is 0.253 e. The van der Waals surface area contributed by atoms with Crippen molar-refractivity contribution < 1.29 is 4.79 Å². The van der Waals surface area contributed by atoms with Crippen LogP contribution in [0.25, 0.3) is 0 Å². The minimum Gasteiger partial charge on any atom is -0.336 e. The molecule has 0 aliphatic carbocycles. The Morgan fingerprint density at radius 3 is 2.48 bits per heavy atom. The SMILES string of the molecule is CCN/N=C(\C)CN1CCN(C(=O)c2ccccc2)CC1. The lowest BCUT2D eigenvalue weighted by Crippen LogP contribution is -2.49. The Morgan fingerprint density at radius 1 is 1.19 bits per heavy atom. The maximum atomic E-state index is 12.3. The van der Waals surface area contributed by atoms with Gasteiger partial charge in [-0.3, -0.25) is 9.69 Å². The van der Waals surface area contributed by atoms with Crippen molar-refractivity contribution in [2.75, 3.05) is 39.3 Å². The fraction of sp³-hybridized carbons (Fsp3) is 0.500. The van der Waals surface area contributed by atoms with Gasteiger partial charge in [0.25, 0.3) is 5.91 Å². The second-order valence-electron chi connectivity index (χ2n) is 5.29. The van der Waals surface area contributed by atoms with Gasteiger partial charge in [0.2, 0.25) is 0 Å². The average molecular weight is 288 g/mol. The number of rotatable bonds is 5. The van der Waals surface area contributed by atoms with E-state index in [1.165, 1.54) is 0 Å². The molecule has 1 amide bonds. The summed E-state index contributed by atoms with van der Waals surface area (Å²) < 4.78 is 0. The van der Waals surface area contributed by atoms with Gasteiger partial charge in [-0.05, 0) is 26.0 Å². The monoisotopic (exact) mass is 288 g/mol. The van der Waals surface area contributed by atoms with Gasteiger partial charge >= 0.3 is 0 Å². The zero-order valence-electron chi connectivity index (χ0n) is 12.9. The summed E-state index contributed by atoms with van der Waals surface area (Å²) in [4.78, 5) is 16.6. The molecule has 0 radical (unpaired) electrons. The van der Waals surface area contributed by atoms with Crippen LogP contribution in [0.3, 0.4) is 0 Å². The normalized spacial score (nSPS) is 16.9. The lowest BCUT2D eigenvalue weighted by Gasteiger charge is -2.34. The van der Waals surface area contributed by atoms with Crippen LogP contribution in [0.4, 0.5) is 0 Å². The van der Waals surface area contributed by atoms with Crippen LogP contribution < -0.4 is 5.43 Å². The van der Waals surface area contributed by atoms with Crippen LogP contribution in [0.15, 0.2) is 35.4 Å². The van der Waals surface area contributed by atoms with Gasteiger partial charge in [-0.25, -0.2) is 0 Å². The Hall–Kier alpha value is -1.88. The van der Waals surface area contributed by atoms with E-state index in [0.29, 0.717) is 0 Å². The van der Waals surface area contributed by atoms with E-state index in [4.69, 9.17) is 0 Å². The molecular weight excluding hydrogens is 264 g/mol. The fourth-order valence-corrected chi connectivity index (χ4v) is 2.45. The first-order chi connectivity index (χ1) is 10.2. The molecule has 1 N–H and O–H groups in total. The number of carbonyl (C=O) groups excluding carboxylic acids is 1. The minimum absolute atomic E-state index is 0.133. The number of hydrazone groups is 1. The Bertz CT molecular complexity index is 478. The summed E-state index contributed by atoms with van der Waals surface area (Å²) in [6.45, 7) is 9.13. The average Bonchev–Trinajstić information content (AvgIpc) is 2.54. The molecule has 1 fully saturated rings. The number of hydrogen-bond acceptors (Lipinski definition) is 4. The molecular formula is C16H24N4O. The second kappa shape index (κ2) is 7.78. The van der Waals surface area contributed by atoms with Crippen LogP contribution >= 0.6 is 0 Å². The zero-order chi connectivity index (χ0) is 15.1. The standard InChI is InChI=1S/C16H24N4O/c1-3-17-18-14(2)13-19-9-11-20(12-10-19)16(21)15-7-5-4-6-8-15/h4-8,17H,3,9-13H2,1-2H3/b18-14+. The Balaban J connectivity index is 1.82. The van der Waals surface area contributed by atoms with E-state index in [9.17, 15) is 4.79 Å². The van der Waals surface area contributed by atoms with Crippen LogP contribution in [-0.4, -0.2) is 60.7 Å². The molecule has 1 heterocycles. The fourth-order valence-electron chi connectivity index (χ4n) is 2.45. The molecule has 21 heavy (non-hydrogen) atoms. The molecule has 5 nitrogen and oxygen atoms in total. The van der Waals surface area contributed by atoms with Crippen molar-refractivity contribution in [1.82, 2.24) is 15.2 Å². The Morgan fingerprint density at radius 2 is 1.86 bits per heavy atom. The summed E-state index contributed by atoms with van der Waals surface area (Å²) in [5.74, 6) is 0.133. The van der Waals surface area contributed by atoms with Crippen LogP contribution in [-0.2, 0) is 0 Å². The first-order valence-corrected chi connectivity index (χ1v) is 7.53. The van der Waals surface area contributed by atoms with Gasteiger partial charge in [-0.2, -0.15) is 5.10 Å². The number of piperazine rings is 1. The number of amides is 1. The van der Waals surface area contributed by atoms with Gasteiger partial charge in [-0.1, -0.05) is 18.2 Å². The van der Waals surface area contributed by atoms with Crippen molar-refractivity contribution in [3.05, 3.63) is 35.9 Å². The van der Waals surface area contributed by atoms with Crippen LogP contribution in [0, 0.1) is 0 Å². The largest absolute Gasteiger partial charge is 0.336 e.